The molecule has 226 valence electrons. The minimum Gasteiger partial charge on any atom is -0.250 e. The third kappa shape index (κ3) is 5.65. The quantitative estimate of drug-likeness (QED) is 0.188. The van der Waals surface area contributed by atoms with Gasteiger partial charge >= 0.3 is 0 Å². The molecule has 46 heavy (non-hydrogen) atoms. The monoisotopic (exact) mass is 599 g/mol. The lowest BCUT2D eigenvalue weighted by Gasteiger charge is -2.22. The van der Waals surface area contributed by atoms with E-state index in [2.05, 4.69) is 96.1 Å². The molecule has 0 N–H and O–H groups in total. The van der Waals surface area contributed by atoms with Crippen LogP contribution in [0.2, 0.25) is 0 Å². The smallest absolute Gasteiger partial charge is 0.164 e. The molecule has 0 spiro atoms. The van der Waals surface area contributed by atoms with Gasteiger partial charge in [0.15, 0.2) is 17.5 Å². The Morgan fingerprint density at radius 3 is 1.37 bits per heavy atom. The summed E-state index contributed by atoms with van der Waals surface area (Å²) in [6.45, 7) is 13.2. The molecule has 0 radical (unpaired) electrons. The molecule has 0 aliphatic carbocycles. The molecule has 5 nitrogen and oxygen atoms in total. The molecule has 0 aliphatic rings. The number of hydrogen-bond acceptors (Lipinski definition) is 5. The van der Waals surface area contributed by atoms with Gasteiger partial charge in [-0.15, -0.1) is 0 Å². The summed E-state index contributed by atoms with van der Waals surface area (Å²) in [5.74, 6) is 1.94. The van der Waals surface area contributed by atoms with Crippen LogP contribution >= 0.6 is 0 Å². The fourth-order valence-corrected chi connectivity index (χ4v) is 5.65. The van der Waals surface area contributed by atoms with Crippen molar-refractivity contribution in [2.75, 3.05) is 0 Å². The molecule has 0 atom stereocenters. The van der Waals surface area contributed by atoms with Gasteiger partial charge in [0.1, 0.15) is 0 Å². The number of rotatable bonds is 4. The van der Waals surface area contributed by atoms with E-state index in [0.29, 0.717) is 17.5 Å². The van der Waals surface area contributed by atoms with Crippen LogP contribution in [0.5, 0.6) is 0 Å². The Balaban J connectivity index is 1.38. The molecule has 0 saturated carbocycles. The van der Waals surface area contributed by atoms with Crippen LogP contribution in [0.15, 0.2) is 115 Å². The van der Waals surface area contributed by atoms with Crippen LogP contribution in [-0.2, 0) is 10.8 Å². The van der Waals surface area contributed by atoms with Crippen LogP contribution in [0.25, 0.3) is 67.1 Å². The average Bonchev–Trinajstić information content (AvgIpc) is 3.07. The standard InChI is InChI=1S/C41H37N5/c1-40(2,3)33-24-22-27-21-23-31-32(25-34(41(4,5)6)43-36(31)35(27)42-33)26-17-19-30(20-18-26)39-45-37(28-13-9-7-10-14-28)44-38(46-39)29-15-11-8-12-16-29/h7-25H,1-6H3. The van der Waals surface area contributed by atoms with Gasteiger partial charge in [0.2, 0.25) is 0 Å². The van der Waals surface area contributed by atoms with E-state index in [1.54, 1.807) is 0 Å². The van der Waals surface area contributed by atoms with E-state index in [9.17, 15) is 0 Å². The molecule has 7 aromatic rings. The lowest BCUT2D eigenvalue weighted by atomic mass is 9.87. The fraction of sp³-hybridized carbons (Fsp3) is 0.195. The maximum absolute atomic E-state index is 5.24. The lowest BCUT2D eigenvalue weighted by molar-refractivity contribution is 0.570. The van der Waals surface area contributed by atoms with Crippen molar-refractivity contribution in [3.8, 4) is 45.3 Å². The first-order valence-corrected chi connectivity index (χ1v) is 15.8. The third-order valence-corrected chi connectivity index (χ3v) is 8.33. The Morgan fingerprint density at radius 2 is 0.848 bits per heavy atom. The molecule has 0 saturated heterocycles. The van der Waals surface area contributed by atoms with Crippen molar-refractivity contribution in [2.45, 2.75) is 52.4 Å². The van der Waals surface area contributed by atoms with Crippen LogP contribution in [0.1, 0.15) is 52.9 Å². The SMILES string of the molecule is CC(C)(C)c1ccc2ccc3c(-c4ccc(-c5nc(-c6ccccc6)nc(-c6ccccc6)n5)cc4)cc(C(C)(C)C)nc3c2n1. The number of benzene rings is 4. The van der Waals surface area contributed by atoms with E-state index in [1.165, 1.54) is 0 Å². The summed E-state index contributed by atoms with van der Waals surface area (Å²) in [6.07, 6.45) is 0. The van der Waals surface area contributed by atoms with Gasteiger partial charge in [-0.2, -0.15) is 0 Å². The van der Waals surface area contributed by atoms with Crippen LogP contribution in [0.3, 0.4) is 0 Å². The van der Waals surface area contributed by atoms with Crippen molar-refractivity contribution < 1.29 is 0 Å². The molecule has 5 heteroatoms. The summed E-state index contributed by atoms with van der Waals surface area (Å²) in [4.78, 5) is 25.1. The minimum atomic E-state index is -0.140. The van der Waals surface area contributed by atoms with Gasteiger partial charge in [-0.05, 0) is 23.3 Å². The highest BCUT2D eigenvalue weighted by atomic mass is 15.0. The Kier molecular flexibility index (Phi) is 7.20. The first kappa shape index (κ1) is 29.4. The van der Waals surface area contributed by atoms with E-state index in [-0.39, 0.29) is 10.8 Å². The molecule has 0 amide bonds. The summed E-state index contributed by atoms with van der Waals surface area (Å²) in [7, 11) is 0. The lowest BCUT2D eigenvalue weighted by Crippen LogP contribution is -2.15. The van der Waals surface area contributed by atoms with Gasteiger partial charge in [0, 0.05) is 49.7 Å². The van der Waals surface area contributed by atoms with E-state index in [4.69, 9.17) is 24.9 Å². The molecule has 4 aromatic carbocycles. The van der Waals surface area contributed by atoms with Crippen molar-refractivity contribution in [3.63, 3.8) is 0 Å². The van der Waals surface area contributed by atoms with Crippen molar-refractivity contribution in [2.24, 2.45) is 0 Å². The third-order valence-electron chi connectivity index (χ3n) is 8.33. The van der Waals surface area contributed by atoms with Crippen molar-refractivity contribution in [1.82, 2.24) is 24.9 Å². The number of pyridine rings is 2. The van der Waals surface area contributed by atoms with Gasteiger partial charge in [0.25, 0.3) is 0 Å². The molecular weight excluding hydrogens is 562 g/mol. The Labute approximate surface area is 270 Å². The number of hydrogen-bond donors (Lipinski definition) is 0. The van der Waals surface area contributed by atoms with Gasteiger partial charge in [0.05, 0.1) is 11.0 Å². The highest BCUT2D eigenvalue weighted by Gasteiger charge is 2.22. The Hall–Kier alpha value is -5.29. The van der Waals surface area contributed by atoms with E-state index in [0.717, 1.165) is 61.0 Å². The largest absolute Gasteiger partial charge is 0.250 e. The fourth-order valence-electron chi connectivity index (χ4n) is 5.65. The second-order valence-electron chi connectivity index (χ2n) is 13.9. The average molecular weight is 600 g/mol. The topological polar surface area (TPSA) is 64.5 Å². The maximum atomic E-state index is 5.24. The second kappa shape index (κ2) is 11.3. The molecule has 0 fully saturated rings. The Morgan fingerprint density at radius 1 is 0.391 bits per heavy atom. The molecular formula is C41H37N5. The number of aromatic nitrogens is 5. The van der Waals surface area contributed by atoms with E-state index in [1.807, 2.05) is 60.7 Å². The van der Waals surface area contributed by atoms with E-state index >= 15 is 0 Å². The van der Waals surface area contributed by atoms with Crippen LogP contribution < -0.4 is 0 Å². The van der Waals surface area contributed by atoms with Crippen molar-refractivity contribution >= 4 is 21.8 Å². The maximum Gasteiger partial charge on any atom is 0.164 e. The summed E-state index contributed by atoms with van der Waals surface area (Å²) in [5.41, 5.74) is 8.85. The molecule has 0 bridgehead atoms. The van der Waals surface area contributed by atoms with Gasteiger partial charge in [-0.25, -0.2) is 24.9 Å². The predicted molar refractivity (Wildman–Crippen MR) is 190 cm³/mol. The van der Waals surface area contributed by atoms with Crippen molar-refractivity contribution in [1.29, 1.82) is 0 Å². The van der Waals surface area contributed by atoms with Gasteiger partial charge < -0.3 is 0 Å². The summed E-state index contributed by atoms with van der Waals surface area (Å²) >= 11 is 0. The summed E-state index contributed by atoms with van der Waals surface area (Å²) < 4.78 is 0. The van der Waals surface area contributed by atoms with E-state index < -0.39 is 0 Å². The molecule has 7 rings (SSSR count). The number of nitrogens with zero attached hydrogens (tertiary/aromatic N) is 5. The van der Waals surface area contributed by atoms with Crippen LogP contribution in [0.4, 0.5) is 0 Å². The van der Waals surface area contributed by atoms with Crippen LogP contribution in [0, 0.1) is 0 Å². The first-order chi connectivity index (χ1) is 22.0. The van der Waals surface area contributed by atoms with Gasteiger partial charge in [-0.1, -0.05) is 145 Å². The number of fused-ring (bicyclic) bond motifs is 3. The van der Waals surface area contributed by atoms with Gasteiger partial charge in [-0.3, -0.25) is 0 Å². The molecule has 3 heterocycles. The molecule has 0 unspecified atom stereocenters. The first-order valence-electron chi connectivity index (χ1n) is 15.8. The highest BCUT2D eigenvalue weighted by molar-refractivity contribution is 6.08. The summed E-state index contributed by atoms with van der Waals surface area (Å²) in [5, 5.41) is 2.18. The minimum absolute atomic E-state index is 0.0631. The zero-order valence-corrected chi connectivity index (χ0v) is 27.2. The highest BCUT2D eigenvalue weighted by Crippen LogP contribution is 2.37. The Bertz CT molecular complexity index is 2130. The molecule has 0 aliphatic heterocycles. The zero-order valence-electron chi connectivity index (χ0n) is 27.2. The predicted octanol–water partition coefficient (Wildman–Crippen LogP) is 10.2. The van der Waals surface area contributed by atoms with Crippen molar-refractivity contribution in [3.05, 3.63) is 127 Å². The second-order valence-corrected chi connectivity index (χ2v) is 13.9. The molecule has 3 aromatic heterocycles. The normalized spacial score (nSPS) is 12.1. The summed E-state index contributed by atoms with van der Waals surface area (Å²) in [6, 6.07) is 39.5. The van der Waals surface area contributed by atoms with Crippen LogP contribution in [-0.4, -0.2) is 24.9 Å². The zero-order chi connectivity index (χ0) is 32.1.